The highest BCUT2D eigenvalue weighted by molar-refractivity contribution is 5.23. The van der Waals surface area contributed by atoms with Crippen LogP contribution in [0.15, 0.2) is 30.3 Å². The van der Waals surface area contributed by atoms with Crippen LogP contribution in [0.4, 0.5) is 0 Å². The fraction of sp³-hybridized carbons (Fsp3) is 0.500. The zero-order valence-electron chi connectivity index (χ0n) is 8.27. The highest BCUT2D eigenvalue weighted by atomic mass is 16.6. The second-order valence-corrected chi connectivity index (χ2v) is 4.32. The molecule has 1 unspecified atom stereocenters. The van der Waals surface area contributed by atoms with Crippen LogP contribution in [0.5, 0.6) is 0 Å². The summed E-state index contributed by atoms with van der Waals surface area (Å²) in [5, 5.41) is 0. The predicted molar refractivity (Wildman–Crippen MR) is 53.0 cm³/mol. The molecule has 1 aromatic rings. The van der Waals surface area contributed by atoms with Crippen LogP contribution in [0.3, 0.4) is 0 Å². The van der Waals surface area contributed by atoms with E-state index < -0.39 is 0 Å². The maximum atomic E-state index is 5.88. The standard InChI is InChI=1S/C12H14O2/c1-12(9-5-3-2-4-6-9)7-10-11(14-10)8-13-12/h2-6,10-11H,7-8H2,1H3/t10?,11-,12-/m0/s1. The second kappa shape index (κ2) is 2.81. The van der Waals surface area contributed by atoms with Crippen LogP contribution in [0.2, 0.25) is 0 Å². The van der Waals surface area contributed by atoms with Crippen LogP contribution in [-0.2, 0) is 15.1 Å². The van der Waals surface area contributed by atoms with Crippen LogP contribution in [-0.4, -0.2) is 18.8 Å². The molecule has 3 atom stereocenters. The van der Waals surface area contributed by atoms with E-state index in [0.717, 1.165) is 13.0 Å². The smallest absolute Gasteiger partial charge is 0.108 e. The number of hydrogen-bond acceptors (Lipinski definition) is 2. The van der Waals surface area contributed by atoms with Crippen LogP contribution < -0.4 is 0 Å². The van der Waals surface area contributed by atoms with Crippen LogP contribution in [0.1, 0.15) is 18.9 Å². The molecule has 0 saturated carbocycles. The largest absolute Gasteiger partial charge is 0.368 e. The van der Waals surface area contributed by atoms with E-state index in [-0.39, 0.29) is 5.60 Å². The van der Waals surface area contributed by atoms with Gasteiger partial charge in [-0.25, -0.2) is 0 Å². The van der Waals surface area contributed by atoms with Gasteiger partial charge in [-0.1, -0.05) is 30.3 Å². The van der Waals surface area contributed by atoms with Gasteiger partial charge in [-0.3, -0.25) is 0 Å². The lowest BCUT2D eigenvalue weighted by Gasteiger charge is -2.32. The molecule has 2 saturated heterocycles. The second-order valence-electron chi connectivity index (χ2n) is 4.32. The van der Waals surface area contributed by atoms with Crippen molar-refractivity contribution in [2.45, 2.75) is 31.2 Å². The number of fused-ring (bicyclic) bond motifs is 1. The van der Waals surface area contributed by atoms with E-state index in [1.165, 1.54) is 5.56 Å². The van der Waals surface area contributed by atoms with Crippen molar-refractivity contribution in [3.63, 3.8) is 0 Å². The van der Waals surface area contributed by atoms with Gasteiger partial charge in [0.2, 0.25) is 0 Å². The Morgan fingerprint density at radius 1 is 1.21 bits per heavy atom. The SMILES string of the molecule is C[C@@]1(c2ccccc2)CC2O[C@H]2CO1. The Morgan fingerprint density at radius 3 is 2.71 bits per heavy atom. The third-order valence-electron chi connectivity index (χ3n) is 3.23. The van der Waals surface area contributed by atoms with Crippen molar-refractivity contribution in [1.29, 1.82) is 0 Å². The topological polar surface area (TPSA) is 21.8 Å². The van der Waals surface area contributed by atoms with Crippen molar-refractivity contribution < 1.29 is 9.47 Å². The molecular formula is C12H14O2. The molecule has 0 bridgehead atoms. The fourth-order valence-electron chi connectivity index (χ4n) is 2.21. The molecule has 0 N–H and O–H groups in total. The number of rotatable bonds is 1. The molecule has 74 valence electrons. The fourth-order valence-corrected chi connectivity index (χ4v) is 2.21. The lowest BCUT2D eigenvalue weighted by molar-refractivity contribution is -0.0577. The van der Waals surface area contributed by atoms with Crippen molar-refractivity contribution in [2.75, 3.05) is 6.61 Å². The third kappa shape index (κ3) is 1.26. The van der Waals surface area contributed by atoms with Gasteiger partial charge < -0.3 is 9.47 Å². The van der Waals surface area contributed by atoms with Gasteiger partial charge >= 0.3 is 0 Å². The van der Waals surface area contributed by atoms with E-state index in [0.29, 0.717) is 12.2 Å². The van der Waals surface area contributed by atoms with Crippen molar-refractivity contribution in [3.05, 3.63) is 35.9 Å². The molecule has 1 aromatic carbocycles. The Bertz CT molecular complexity index is 335. The molecule has 2 heteroatoms. The third-order valence-corrected chi connectivity index (χ3v) is 3.23. The molecule has 0 spiro atoms. The quantitative estimate of drug-likeness (QED) is 0.632. The monoisotopic (exact) mass is 190 g/mol. The summed E-state index contributed by atoms with van der Waals surface area (Å²) in [4.78, 5) is 0. The van der Waals surface area contributed by atoms with Crippen LogP contribution in [0, 0.1) is 0 Å². The molecule has 2 aliphatic rings. The first-order chi connectivity index (χ1) is 6.78. The summed E-state index contributed by atoms with van der Waals surface area (Å²) in [5.74, 6) is 0. The molecule has 2 heterocycles. The Kier molecular flexibility index (Phi) is 1.70. The average molecular weight is 190 g/mol. The summed E-state index contributed by atoms with van der Waals surface area (Å²) in [5.41, 5.74) is 1.12. The van der Waals surface area contributed by atoms with Crippen molar-refractivity contribution >= 4 is 0 Å². The zero-order chi connectivity index (χ0) is 9.60. The number of benzene rings is 1. The van der Waals surface area contributed by atoms with Gasteiger partial charge in [0, 0.05) is 6.42 Å². The van der Waals surface area contributed by atoms with Gasteiger partial charge in [-0.2, -0.15) is 0 Å². The molecule has 0 amide bonds. The van der Waals surface area contributed by atoms with E-state index >= 15 is 0 Å². The summed E-state index contributed by atoms with van der Waals surface area (Å²) >= 11 is 0. The molecule has 2 nitrogen and oxygen atoms in total. The van der Waals surface area contributed by atoms with Crippen LogP contribution >= 0.6 is 0 Å². The Labute approximate surface area is 83.8 Å². The first kappa shape index (κ1) is 8.45. The van der Waals surface area contributed by atoms with E-state index in [9.17, 15) is 0 Å². The van der Waals surface area contributed by atoms with Gasteiger partial charge in [0.05, 0.1) is 18.3 Å². The number of ether oxygens (including phenoxy) is 2. The maximum absolute atomic E-state index is 5.88. The maximum Gasteiger partial charge on any atom is 0.108 e. The molecule has 2 aliphatic heterocycles. The molecular weight excluding hydrogens is 176 g/mol. The molecule has 0 radical (unpaired) electrons. The average Bonchev–Trinajstić information content (AvgIpc) is 2.97. The van der Waals surface area contributed by atoms with Gasteiger partial charge in [0.1, 0.15) is 6.10 Å². The minimum atomic E-state index is -0.140. The molecule has 0 aromatic heterocycles. The Balaban J connectivity index is 1.89. The molecule has 3 rings (SSSR count). The molecule has 2 fully saturated rings. The van der Waals surface area contributed by atoms with Gasteiger partial charge in [0.15, 0.2) is 0 Å². The van der Waals surface area contributed by atoms with Crippen molar-refractivity contribution in [2.24, 2.45) is 0 Å². The van der Waals surface area contributed by atoms with Crippen LogP contribution in [0.25, 0.3) is 0 Å². The Morgan fingerprint density at radius 2 is 2.00 bits per heavy atom. The Hall–Kier alpha value is -0.860. The van der Waals surface area contributed by atoms with Gasteiger partial charge in [0.25, 0.3) is 0 Å². The minimum absolute atomic E-state index is 0.140. The first-order valence-corrected chi connectivity index (χ1v) is 5.13. The van der Waals surface area contributed by atoms with E-state index in [1.54, 1.807) is 0 Å². The molecule has 14 heavy (non-hydrogen) atoms. The number of hydrogen-bond donors (Lipinski definition) is 0. The minimum Gasteiger partial charge on any atom is -0.368 e. The van der Waals surface area contributed by atoms with Crippen molar-refractivity contribution in [1.82, 2.24) is 0 Å². The van der Waals surface area contributed by atoms with E-state index in [4.69, 9.17) is 9.47 Å². The lowest BCUT2D eigenvalue weighted by Crippen LogP contribution is -2.34. The summed E-state index contributed by atoms with van der Waals surface area (Å²) in [6, 6.07) is 10.4. The van der Waals surface area contributed by atoms with E-state index in [2.05, 4.69) is 31.2 Å². The summed E-state index contributed by atoms with van der Waals surface area (Å²) in [7, 11) is 0. The van der Waals surface area contributed by atoms with Gasteiger partial charge in [-0.15, -0.1) is 0 Å². The normalized spacial score (nSPS) is 40.4. The predicted octanol–water partition coefficient (Wildman–Crippen LogP) is 2.09. The lowest BCUT2D eigenvalue weighted by atomic mass is 9.88. The van der Waals surface area contributed by atoms with Crippen molar-refractivity contribution in [3.8, 4) is 0 Å². The van der Waals surface area contributed by atoms with E-state index in [1.807, 2.05) is 6.07 Å². The number of epoxide rings is 1. The highest BCUT2D eigenvalue weighted by Crippen LogP contribution is 2.43. The summed E-state index contributed by atoms with van der Waals surface area (Å²) in [6.45, 7) is 2.90. The summed E-state index contributed by atoms with van der Waals surface area (Å²) < 4.78 is 11.4. The highest BCUT2D eigenvalue weighted by Gasteiger charge is 2.50. The van der Waals surface area contributed by atoms with Gasteiger partial charge in [-0.05, 0) is 12.5 Å². The zero-order valence-corrected chi connectivity index (χ0v) is 8.27. The summed E-state index contributed by atoms with van der Waals surface area (Å²) in [6.07, 6.45) is 1.81. The first-order valence-electron chi connectivity index (χ1n) is 5.13. The molecule has 0 aliphatic carbocycles.